The molecule has 6 nitrogen and oxygen atoms in total. The molecule has 0 saturated heterocycles. The number of ether oxygens (including phenoxy) is 4. The first-order valence-electron chi connectivity index (χ1n) is 10.9. The summed E-state index contributed by atoms with van der Waals surface area (Å²) in [5.74, 6) is 2.31. The van der Waals surface area contributed by atoms with Crippen LogP contribution in [0.2, 0.25) is 10.0 Å². The second-order valence-electron chi connectivity index (χ2n) is 8.15. The van der Waals surface area contributed by atoms with Gasteiger partial charge in [-0.3, -0.25) is 4.79 Å². The molecule has 3 aromatic carbocycles. The van der Waals surface area contributed by atoms with Gasteiger partial charge in [0.2, 0.25) is 6.10 Å². The van der Waals surface area contributed by atoms with Crippen LogP contribution in [0.5, 0.6) is 23.0 Å². The van der Waals surface area contributed by atoms with E-state index in [2.05, 4.69) is 0 Å². The minimum absolute atomic E-state index is 0.127. The minimum atomic E-state index is -0.780. The fourth-order valence-corrected chi connectivity index (χ4v) is 5.17. The Morgan fingerprint density at radius 2 is 1.74 bits per heavy atom. The number of halogens is 2. The molecule has 2 aliphatic heterocycles. The van der Waals surface area contributed by atoms with E-state index in [1.165, 1.54) is 0 Å². The second kappa shape index (κ2) is 9.28. The molecular weight excluding hydrogens is 477 g/mol. The maximum atomic E-state index is 13.8. The van der Waals surface area contributed by atoms with E-state index in [9.17, 15) is 4.79 Å². The van der Waals surface area contributed by atoms with Crippen LogP contribution in [0.25, 0.3) is 0 Å². The SMILES string of the molecule is COc1cc2c(c(OC)c1)C(c1cc(Cl)cc(Cl)c1)N(C(=O)C1COc3ccccc3O1)CC2. The number of carbonyl (C=O) groups is 1. The van der Waals surface area contributed by atoms with Crippen LogP contribution in [0.3, 0.4) is 0 Å². The van der Waals surface area contributed by atoms with Crippen molar-refractivity contribution in [3.05, 3.63) is 81.3 Å². The predicted octanol–water partition coefficient (Wildman–Crippen LogP) is 5.32. The lowest BCUT2D eigenvalue weighted by molar-refractivity contribution is -0.143. The standard InChI is InChI=1S/C26H23Cl2NO5/c1-31-19-11-15-7-8-29(26(30)23-14-33-20-5-3-4-6-21(20)34-23)25(24(15)22(13-19)32-2)16-9-17(27)12-18(28)10-16/h3-6,9-13,23,25H,7-8,14H2,1-2H3. The Morgan fingerprint density at radius 1 is 1.00 bits per heavy atom. The molecule has 5 rings (SSSR count). The molecule has 0 aliphatic carbocycles. The van der Waals surface area contributed by atoms with Crippen molar-refractivity contribution >= 4 is 29.1 Å². The van der Waals surface area contributed by atoms with Gasteiger partial charge in [-0.2, -0.15) is 0 Å². The molecule has 2 atom stereocenters. The fraction of sp³-hybridized carbons (Fsp3) is 0.269. The molecule has 0 N–H and O–H groups in total. The molecule has 2 heterocycles. The average Bonchev–Trinajstić information content (AvgIpc) is 2.85. The monoisotopic (exact) mass is 499 g/mol. The van der Waals surface area contributed by atoms with Crippen LogP contribution in [0.15, 0.2) is 54.6 Å². The lowest BCUT2D eigenvalue weighted by atomic mass is 9.86. The number of carbonyl (C=O) groups excluding carboxylic acids is 1. The molecule has 0 radical (unpaired) electrons. The van der Waals surface area contributed by atoms with Gasteiger partial charge in [0.1, 0.15) is 18.1 Å². The highest BCUT2D eigenvalue weighted by Gasteiger charge is 2.40. The first kappa shape index (κ1) is 22.7. The van der Waals surface area contributed by atoms with Crippen molar-refractivity contribution in [3.63, 3.8) is 0 Å². The summed E-state index contributed by atoms with van der Waals surface area (Å²) in [7, 11) is 3.22. The molecule has 0 bridgehead atoms. The van der Waals surface area contributed by atoms with Gasteiger partial charge in [0.05, 0.1) is 20.3 Å². The number of benzene rings is 3. The molecule has 3 aromatic rings. The summed E-state index contributed by atoms with van der Waals surface area (Å²) in [4.78, 5) is 15.6. The van der Waals surface area contributed by atoms with Crippen molar-refractivity contribution in [1.82, 2.24) is 4.90 Å². The number of amides is 1. The Balaban J connectivity index is 1.59. The number of nitrogens with zero attached hydrogens (tertiary/aromatic N) is 1. The molecule has 0 aromatic heterocycles. The number of fused-ring (bicyclic) bond motifs is 2. The first-order chi connectivity index (χ1) is 16.5. The number of para-hydroxylation sites is 2. The average molecular weight is 500 g/mol. The summed E-state index contributed by atoms with van der Waals surface area (Å²) >= 11 is 12.7. The van der Waals surface area contributed by atoms with Crippen LogP contribution in [0.1, 0.15) is 22.7 Å². The van der Waals surface area contributed by atoms with E-state index in [0.717, 1.165) is 16.7 Å². The summed E-state index contributed by atoms with van der Waals surface area (Å²) in [6.45, 7) is 0.598. The summed E-state index contributed by atoms with van der Waals surface area (Å²) in [6.07, 6.45) is -0.151. The third kappa shape index (κ3) is 4.12. The van der Waals surface area contributed by atoms with Crippen LogP contribution < -0.4 is 18.9 Å². The van der Waals surface area contributed by atoms with E-state index in [-0.39, 0.29) is 12.5 Å². The van der Waals surface area contributed by atoms with Crippen molar-refractivity contribution in [1.29, 1.82) is 0 Å². The van der Waals surface area contributed by atoms with E-state index in [1.807, 2.05) is 42.5 Å². The smallest absolute Gasteiger partial charge is 0.268 e. The van der Waals surface area contributed by atoms with Crippen LogP contribution in [0, 0.1) is 0 Å². The van der Waals surface area contributed by atoms with Gasteiger partial charge in [-0.1, -0.05) is 35.3 Å². The number of rotatable bonds is 4. The maximum Gasteiger partial charge on any atom is 0.268 e. The molecule has 0 saturated carbocycles. The zero-order chi connectivity index (χ0) is 23.8. The highest BCUT2D eigenvalue weighted by molar-refractivity contribution is 6.34. The van der Waals surface area contributed by atoms with Crippen molar-refractivity contribution in [2.45, 2.75) is 18.6 Å². The Labute approximate surface area is 207 Å². The summed E-state index contributed by atoms with van der Waals surface area (Å²) in [5, 5.41) is 0.973. The van der Waals surface area contributed by atoms with E-state index in [0.29, 0.717) is 46.0 Å². The summed E-state index contributed by atoms with van der Waals surface area (Å²) < 4.78 is 23.1. The van der Waals surface area contributed by atoms with Gasteiger partial charge in [-0.15, -0.1) is 0 Å². The van der Waals surface area contributed by atoms with E-state index in [1.54, 1.807) is 31.3 Å². The number of methoxy groups -OCH3 is 2. The van der Waals surface area contributed by atoms with Crippen LogP contribution >= 0.6 is 23.2 Å². The van der Waals surface area contributed by atoms with Crippen molar-refractivity contribution in [2.75, 3.05) is 27.4 Å². The quantitative estimate of drug-likeness (QED) is 0.485. The van der Waals surface area contributed by atoms with Gasteiger partial charge < -0.3 is 23.8 Å². The predicted molar refractivity (Wildman–Crippen MR) is 130 cm³/mol. The van der Waals surface area contributed by atoms with Gasteiger partial charge in [0.25, 0.3) is 5.91 Å². The lowest BCUT2D eigenvalue weighted by Crippen LogP contribution is -2.50. The zero-order valence-electron chi connectivity index (χ0n) is 18.7. The van der Waals surface area contributed by atoms with Gasteiger partial charge in [0, 0.05) is 28.2 Å². The highest BCUT2D eigenvalue weighted by atomic mass is 35.5. The molecule has 1 amide bonds. The van der Waals surface area contributed by atoms with Gasteiger partial charge >= 0.3 is 0 Å². The molecule has 34 heavy (non-hydrogen) atoms. The molecule has 2 aliphatic rings. The van der Waals surface area contributed by atoms with Crippen molar-refractivity contribution in [3.8, 4) is 23.0 Å². The van der Waals surface area contributed by atoms with E-state index >= 15 is 0 Å². The second-order valence-corrected chi connectivity index (χ2v) is 9.03. The maximum absolute atomic E-state index is 13.8. The first-order valence-corrected chi connectivity index (χ1v) is 11.6. The zero-order valence-corrected chi connectivity index (χ0v) is 20.2. The normalized spacial score (nSPS) is 18.8. The molecule has 2 unspecified atom stereocenters. The Bertz CT molecular complexity index is 1210. The van der Waals surface area contributed by atoms with Crippen molar-refractivity contribution in [2.24, 2.45) is 0 Å². The largest absolute Gasteiger partial charge is 0.497 e. The van der Waals surface area contributed by atoms with Gasteiger partial charge in [-0.25, -0.2) is 0 Å². The minimum Gasteiger partial charge on any atom is -0.497 e. The third-order valence-electron chi connectivity index (χ3n) is 6.13. The highest BCUT2D eigenvalue weighted by Crippen LogP contribution is 2.44. The molecule has 8 heteroatoms. The Kier molecular flexibility index (Phi) is 6.19. The third-order valence-corrected chi connectivity index (χ3v) is 6.57. The van der Waals surface area contributed by atoms with Gasteiger partial charge in [-0.05, 0) is 53.9 Å². The molecule has 0 spiro atoms. The van der Waals surface area contributed by atoms with Crippen LogP contribution in [0.4, 0.5) is 0 Å². The number of hydrogen-bond acceptors (Lipinski definition) is 5. The van der Waals surface area contributed by atoms with Gasteiger partial charge in [0.15, 0.2) is 11.5 Å². The van der Waals surface area contributed by atoms with Crippen LogP contribution in [-0.4, -0.2) is 44.3 Å². The molecular formula is C26H23Cl2NO5. The summed E-state index contributed by atoms with van der Waals surface area (Å²) in [5.41, 5.74) is 2.69. The van der Waals surface area contributed by atoms with Crippen molar-refractivity contribution < 1.29 is 23.7 Å². The van der Waals surface area contributed by atoms with E-state index in [4.69, 9.17) is 42.1 Å². The fourth-order valence-electron chi connectivity index (χ4n) is 4.63. The summed E-state index contributed by atoms with van der Waals surface area (Å²) in [6, 6.07) is 16.0. The molecule has 0 fully saturated rings. The Morgan fingerprint density at radius 3 is 2.44 bits per heavy atom. The Hall–Kier alpha value is -3.09. The van der Waals surface area contributed by atoms with Crippen LogP contribution in [-0.2, 0) is 11.2 Å². The molecule has 176 valence electrons. The topological polar surface area (TPSA) is 57.2 Å². The van der Waals surface area contributed by atoms with E-state index < -0.39 is 12.1 Å². The lowest BCUT2D eigenvalue weighted by Gasteiger charge is -2.40. The number of hydrogen-bond donors (Lipinski definition) is 0.